The number of ketones is 1. The molecule has 0 aliphatic heterocycles. The molecule has 7 heteroatoms. The molecule has 0 amide bonds. The van der Waals surface area contributed by atoms with Gasteiger partial charge in [0.2, 0.25) is 0 Å². The van der Waals surface area contributed by atoms with E-state index in [4.69, 9.17) is 23.2 Å². The SMILES string of the molecule is O=C(CS(=O)c1cccs1)c1cc(Cl)sc1Cl. The van der Waals surface area contributed by atoms with Gasteiger partial charge in [0.1, 0.15) is 4.34 Å². The van der Waals surface area contributed by atoms with Crippen molar-refractivity contribution in [2.75, 3.05) is 5.75 Å². The Balaban J connectivity index is 2.12. The van der Waals surface area contributed by atoms with Crippen LogP contribution in [-0.2, 0) is 10.8 Å². The van der Waals surface area contributed by atoms with Crippen LogP contribution in [0.5, 0.6) is 0 Å². The molecule has 0 radical (unpaired) electrons. The van der Waals surface area contributed by atoms with E-state index in [1.54, 1.807) is 12.1 Å². The molecule has 2 rings (SSSR count). The molecule has 0 bridgehead atoms. The fourth-order valence-electron chi connectivity index (χ4n) is 1.19. The van der Waals surface area contributed by atoms with E-state index >= 15 is 0 Å². The highest BCUT2D eigenvalue weighted by atomic mass is 35.5. The van der Waals surface area contributed by atoms with Crippen LogP contribution in [0.2, 0.25) is 8.67 Å². The van der Waals surface area contributed by atoms with Crippen molar-refractivity contribution in [3.63, 3.8) is 0 Å². The summed E-state index contributed by atoms with van der Waals surface area (Å²) in [5, 5.41) is 1.83. The largest absolute Gasteiger partial charge is 0.293 e. The van der Waals surface area contributed by atoms with E-state index in [9.17, 15) is 9.00 Å². The summed E-state index contributed by atoms with van der Waals surface area (Å²) in [6.07, 6.45) is 0. The minimum absolute atomic E-state index is 0.0622. The van der Waals surface area contributed by atoms with Crippen molar-refractivity contribution >= 4 is 62.5 Å². The summed E-state index contributed by atoms with van der Waals surface area (Å²) in [7, 11) is -1.31. The van der Waals surface area contributed by atoms with Crippen LogP contribution in [0.15, 0.2) is 27.8 Å². The Morgan fingerprint density at radius 1 is 1.41 bits per heavy atom. The van der Waals surface area contributed by atoms with Crippen molar-refractivity contribution in [2.45, 2.75) is 4.21 Å². The molecule has 0 saturated carbocycles. The Morgan fingerprint density at radius 3 is 2.71 bits per heavy atom. The van der Waals surface area contributed by atoms with Crippen molar-refractivity contribution in [2.24, 2.45) is 0 Å². The number of rotatable bonds is 4. The van der Waals surface area contributed by atoms with Gasteiger partial charge in [-0.1, -0.05) is 29.3 Å². The molecule has 2 aromatic heterocycles. The summed E-state index contributed by atoms with van der Waals surface area (Å²) in [6, 6.07) is 5.07. The van der Waals surface area contributed by atoms with Crippen LogP contribution in [0.3, 0.4) is 0 Å². The molecule has 2 aromatic rings. The number of Topliss-reactive ketones (excluding diaryl/α,β-unsaturated/α-hetero) is 1. The van der Waals surface area contributed by atoms with Crippen molar-refractivity contribution in [3.05, 3.63) is 37.8 Å². The van der Waals surface area contributed by atoms with Gasteiger partial charge in [0.25, 0.3) is 0 Å². The van der Waals surface area contributed by atoms with Gasteiger partial charge in [-0.2, -0.15) is 0 Å². The number of carbonyl (C=O) groups is 1. The van der Waals surface area contributed by atoms with Crippen LogP contribution in [0.4, 0.5) is 0 Å². The summed E-state index contributed by atoms with van der Waals surface area (Å²) < 4.78 is 13.3. The summed E-state index contributed by atoms with van der Waals surface area (Å²) in [6.45, 7) is 0. The summed E-state index contributed by atoms with van der Waals surface area (Å²) in [5.74, 6) is -0.308. The monoisotopic (exact) mass is 324 g/mol. The van der Waals surface area contributed by atoms with Gasteiger partial charge in [0.05, 0.1) is 25.1 Å². The van der Waals surface area contributed by atoms with Crippen molar-refractivity contribution < 1.29 is 9.00 Å². The van der Waals surface area contributed by atoms with Crippen LogP contribution in [0.1, 0.15) is 10.4 Å². The predicted octanol–water partition coefficient (Wildman–Crippen LogP) is 4.11. The Kier molecular flexibility index (Phi) is 4.38. The van der Waals surface area contributed by atoms with E-state index in [1.165, 1.54) is 17.4 Å². The highest BCUT2D eigenvalue weighted by Gasteiger charge is 2.18. The van der Waals surface area contributed by atoms with Crippen LogP contribution in [0, 0.1) is 0 Å². The van der Waals surface area contributed by atoms with Crippen LogP contribution in [0.25, 0.3) is 0 Å². The van der Waals surface area contributed by atoms with E-state index < -0.39 is 10.8 Å². The third-order valence-electron chi connectivity index (χ3n) is 1.94. The second kappa shape index (κ2) is 5.63. The Hall–Kier alpha value is -0.200. The minimum Gasteiger partial charge on any atom is -0.293 e. The Labute approximate surface area is 119 Å². The van der Waals surface area contributed by atoms with Crippen LogP contribution in [-0.4, -0.2) is 15.7 Å². The zero-order valence-electron chi connectivity index (χ0n) is 8.31. The van der Waals surface area contributed by atoms with Gasteiger partial charge >= 0.3 is 0 Å². The standard InChI is InChI=1S/C10H6Cl2O2S3/c11-8-4-6(10(12)16-8)7(13)5-17(14)9-2-1-3-15-9/h1-4H,5H2. The van der Waals surface area contributed by atoms with Gasteiger partial charge < -0.3 is 0 Å². The van der Waals surface area contributed by atoms with E-state index in [0.717, 1.165) is 11.3 Å². The molecule has 0 aromatic carbocycles. The lowest BCUT2D eigenvalue weighted by atomic mass is 10.2. The summed E-state index contributed by atoms with van der Waals surface area (Å²) in [4.78, 5) is 11.9. The van der Waals surface area contributed by atoms with Gasteiger partial charge in [-0.05, 0) is 17.5 Å². The summed E-state index contributed by atoms with van der Waals surface area (Å²) >= 11 is 14.1. The molecule has 0 spiro atoms. The minimum atomic E-state index is -1.31. The number of thiophene rings is 2. The van der Waals surface area contributed by atoms with Gasteiger partial charge in [-0.15, -0.1) is 22.7 Å². The first kappa shape index (κ1) is 13.2. The van der Waals surface area contributed by atoms with Crippen molar-refractivity contribution in [1.82, 2.24) is 0 Å². The topological polar surface area (TPSA) is 34.1 Å². The molecular weight excluding hydrogens is 319 g/mol. The smallest absolute Gasteiger partial charge is 0.178 e. The van der Waals surface area contributed by atoms with Gasteiger partial charge in [0, 0.05) is 5.56 Å². The molecule has 0 aliphatic carbocycles. The maximum absolute atomic E-state index is 11.9. The zero-order valence-corrected chi connectivity index (χ0v) is 12.3. The first-order valence-electron chi connectivity index (χ1n) is 4.48. The van der Waals surface area contributed by atoms with E-state index in [1.807, 2.05) is 5.38 Å². The van der Waals surface area contributed by atoms with E-state index in [0.29, 0.717) is 18.4 Å². The molecular formula is C10H6Cl2O2S3. The lowest BCUT2D eigenvalue weighted by molar-refractivity contribution is 0.102. The Bertz CT molecular complexity index is 560. The summed E-state index contributed by atoms with van der Waals surface area (Å²) in [5.41, 5.74) is 0.353. The molecule has 17 heavy (non-hydrogen) atoms. The maximum Gasteiger partial charge on any atom is 0.178 e. The molecule has 90 valence electrons. The quantitative estimate of drug-likeness (QED) is 0.793. The van der Waals surface area contributed by atoms with Crippen LogP contribution < -0.4 is 0 Å². The number of halogens is 2. The number of hydrogen-bond donors (Lipinski definition) is 0. The normalized spacial score (nSPS) is 12.6. The first-order valence-corrected chi connectivity index (χ1v) is 8.25. The van der Waals surface area contributed by atoms with Crippen molar-refractivity contribution in [1.29, 1.82) is 0 Å². The fourth-order valence-corrected chi connectivity index (χ4v) is 4.68. The first-order chi connectivity index (χ1) is 8.08. The molecule has 0 N–H and O–H groups in total. The van der Waals surface area contributed by atoms with Crippen LogP contribution >= 0.6 is 45.9 Å². The second-order valence-corrected chi connectivity index (χ2v) is 7.99. The highest BCUT2D eigenvalue weighted by Crippen LogP contribution is 2.31. The number of hydrogen-bond acceptors (Lipinski definition) is 4. The second-order valence-electron chi connectivity index (χ2n) is 3.08. The predicted molar refractivity (Wildman–Crippen MR) is 74.3 cm³/mol. The third-order valence-corrected chi connectivity index (χ3v) is 6.04. The van der Waals surface area contributed by atoms with Gasteiger partial charge in [-0.25, -0.2) is 0 Å². The zero-order chi connectivity index (χ0) is 12.4. The third kappa shape index (κ3) is 3.17. The van der Waals surface area contributed by atoms with Gasteiger partial charge in [-0.3, -0.25) is 9.00 Å². The molecule has 2 nitrogen and oxygen atoms in total. The molecule has 0 saturated heterocycles. The lowest BCUT2D eigenvalue weighted by Crippen LogP contribution is -2.09. The Morgan fingerprint density at radius 2 is 2.18 bits per heavy atom. The molecule has 2 heterocycles. The maximum atomic E-state index is 11.9. The average Bonchev–Trinajstić information content (AvgIpc) is 2.87. The average molecular weight is 325 g/mol. The molecule has 1 unspecified atom stereocenters. The molecule has 0 aliphatic rings. The lowest BCUT2D eigenvalue weighted by Gasteiger charge is -1.98. The number of carbonyl (C=O) groups excluding carboxylic acids is 1. The van der Waals surface area contributed by atoms with Crippen molar-refractivity contribution in [3.8, 4) is 0 Å². The molecule has 0 fully saturated rings. The van der Waals surface area contributed by atoms with E-state index in [2.05, 4.69) is 0 Å². The highest BCUT2D eigenvalue weighted by molar-refractivity contribution is 7.88. The van der Waals surface area contributed by atoms with Gasteiger partial charge in [0.15, 0.2) is 5.78 Å². The molecule has 1 atom stereocenters. The van der Waals surface area contributed by atoms with E-state index in [-0.39, 0.29) is 11.5 Å². The fraction of sp³-hybridized carbons (Fsp3) is 0.100.